The zero-order valence-corrected chi connectivity index (χ0v) is 15.2. The van der Waals surface area contributed by atoms with Crippen molar-refractivity contribution in [3.8, 4) is 5.75 Å². The van der Waals surface area contributed by atoms with Gasteiger partial charge in [0.25, 0.3) is 0 Å². The maximum Gasteiger partial charge on any atom is 0.326 e. The highest BCUT2D eigenvalue weighted by Crippen LogP contribution is 2.33. The smallest absolute Gasteiger partial charge is 0.326 e. The molecule has 1 atom stereocenters. The van der Waals surface area contributed by atoms with E-state index in [0.717, 1.165) is 27.7 Å². The third kappa shape index (κ3) is 3.31. The molecule has 6 heteroatoms. The number of aryl methyl sites for hydroxylation is 1. The lowest BCUT2D eigenvalue weighted by molar-refractivity contribution is -0.146. The first-order valence-corrected chi connectivity index (χ1v) is 8.79. The van der Waals surface area contributed by atoms with Gasteiger partial charge in [0.05, 0.1) is 12.9 Å². The second-order valence-electron chi connectivity index (χ2n) is 6.55. The Hall–Kier alpha value is -2.76. The number of nitrogens with zero attached hydrogens (tertiary/aromatic N) is 1. The Bertz CT molecular complexity index is 880. The first-order chi connectivity index (χ1) is 12.4. The summed E-state index contributed by atoms with van der Waals surface area (Å²) in [5.74, 6) is -0.585. The van der Waals surface area contributed by atoms with Gasteiger partial charge in [0, 0.05) is 29.6 Å². The fraction of sp³-hybridized carbons (Fsp3) is 0.400. The molecule has 1 fully saturated rings. The number of hydrogen-bond acceptors (Lipinski definition) is 4. The van der Waals surface area contributed by atoms with Crippen molar-refractivity contribution in [1.82, 2.24) is 4.90 Å². The Kier molecular flexibility index (Phi) is 5.02. The minimum atomic E-state index is -0.952. The van der Waals surface area contributed by atoms with Gasteiger partial charge in [0.1, 0.15) is 17.4 Å². The molecule has 1 N–H and O–H groups in total. The highest BCUT2D eigenvalue weighted by atomic mass is 16.5. The van der Waals surface area contributed by atoms with Crippen molar-refractivity contribution < 1.29 is 23.8 Å². The molecule has 1 unspecified atom stereocenters. The van der Waals surface area contributed by atoms with E-state index in [0.29, 0.717) is 31.7 Å². The Balaban J connectivity index is 1.97. The Morgan fingerprint density at radius 3 is 2.88 bits per heavy atom. The van der Waals surface area contributed by atoms with Crippen LogP contribution in [0.5, 0.6) is 5.75 Å². The average molecular weight is 357 g/mol. The molecule has 0 bridgehead atoms. The van der Waals surface area contributed by atoms with Crippen LogP contribution in [0.15, 0.2) is 28.9 Å². The minimum Gasteiger partial charge on any atom is -0.493 e. The van der Waals surface area contributed by atoms with Crippen LogP contribution in [0.4, 0.5) is 0 Å². The standard InChI is InChI=1S/C20H23NO5/c1-4-25-17-10-18-15(13(3)11-26-18)9-14(17)12(2)8-19(22)21-7-5-6-16(21)20(23)24/h8-11,16H,4-7H2,1-3H3,(H,23,24)/b12-8+. The van der Waals surface area contributed by atoms with Gasteiger partial charge in [-0.05, 0) is 50.8 Å². The number of carbonyl (C=O) groups excluding carboxylic acids is 1. The lowest BCUT2D eigenvalue weighted by atomic mass is 10.0. The molecule has 6 nitrogen and oxygen atoms in total. The molecule has 1 aromatic heterocycles. The van der Waals surface area contributed by atoms with Crippen LogP contribution in [0.1, 0.15) is 37.8 Å². The summed E-state index contributed by atoms with van der Waals surface area (Å²) in [5.41, 5.74) is 3.29. The van der Waals surface area contributed by atoms with Gasteiger partial charge >= 0.3 is 5.97 Å². The van der Waals surface area contributed by atoms with Gasteiger partial charge in [0.2, 0.25) is 5.91 Å². The van der Waals surface area contributed by atoms with Crippen LogP contribution in [-0.4, -0.2) is 41.1 Å². The van der Waals surface area contributed by atoms with E-state index in [4.69, 9.17) is 9.15 Å². The fourth-order valence-corrected chi connectivity index (χ4v) is 3.40. The number of ether oxygens (including phenoxy) is 1. The number of furan rings is 1. The van der Waals surface area contributed by atoms with E-state index < -0.39 is 12.0 Å². The number of carboxylic acids is 1. The van der Waals surface area contributed by atoms with Crippen LogP contribution < -0.4 is 4.74 Å². The zero-order valence-electron chi connectivity index (χ0n) is 15.2. The predicted molar refractivity (Wildman–Crippen MR) is 98.1 cm³/mol. The molecular formula is C20H23NO5. The summed E-state index contributed by atoms with van der Waals surface area (Å²) in [5, 5.41) is 10.2. The van der Waals surface area contributed by atoms with Crippen LogP contribution in [0.3, 0.4) is 0 Å². The van der Waals surface area contributed by atoms with Crippen LogP contribution >= 0.6 is 0 Å². The van der Waals surface area contributed by atoms with E-state index in [2.05, 4.69) is 0 Å². The van der Waals surface area contributed by atoms with Gasteiger partial charge in [-0.2, -0.15) is 0 Å². The van der Waals surface area contributed by atoms with Gasteiger partial charge in [0.15, 0.2) is 0 Å². The third-order valence-electron chi connectivity index (χ3n) is 4.75. The molecule has 1 saturated heterocycles. The van der Waals surface area contributed by atoms with Crippen molar-refractivity contribution in [2.75, 3.05) is 13.2 Å². The average Bonchev–Trinajstić information content (AvgIpc) is 3.22. The lowest BCUT2D eigenvalue weighted by Crippen LogP contribution is -2.39. The van der Waals surface area contributed by atoms with Crippen molar-refractivity contribution >= 4 is 28.4 Å². The highest BCUT2D eigenvalue weighted by Gasteiger charge is 2.33. The number of likely N-dealkylation sites (tertiary alicyclic amines) is 1. The Morgan fingerprint density at radius 2 is 2.19 bits per heavy atom. The molecule has 1 amide bonds. The molecule has 2 heterocycles. The summed E-state index contributed by atoms with van der Waals surface area (Å²) in [7, 11) is 0. The normalized spacial score (nSPS) is 17.7. The van der Waals surface area contributed by atoms with Gasteiger partial charge in [-0.15, -0.1) is 0 Å². The number of hydrogen-bond donors (Lipinski definition) is 1. The predicted octanol–water partition coefficient (Wildman–Crippen LogP) is 3.62. The number of carboxylic acid groups (broad SMARTS) is 1. The van der Waals surface area contributed by atoms with E-state index in [1.807, 2.05) is 32.9 Å². The Labute approximate surface area is 152 Å². The first kappa shape index (κ1) is 18.0. The van der Waals surface area contributed by atoms with Crippen LogP contribution in [0.25, 0.3) is 16.5 Å². The molecule has 2 aromatic rings. The number of carbonyl (C=O) groups is 2. The molecule has 0 radical (unpaired) electrons. The summed E-state index contributed by atoms with van der Waals surface area (Å²) < 4.78 is 11.3. The molecule has 1 aliphatic heterocycles. The maximum absolute atomic E-state index is 12.6. The van der Waals surface area contributed by atoms with Gasteiger partial charge in [-0.25, -0.2) is 4.79 Å². The second kappa shape index (κ2) is 7.23. The minimum absolute atomic E-state index is 0.279. The monoisotopic (exact) mass is 357 g/mol. The quantitative estimate of drug-likeness (QED) is 0.827. The van der Waals surface area contributed by atoms with Crippen LogP contribution in [0.2, 0.25) is 0 Å². The number of aliphatic carboxylic acids is 1. The van der Waals surface area contributed by atoms with Crippen molar-refractivity contribution in [2.45, 2.75) is 39.7 Å². The number of fused-ring (bicyclic) bond motifs is 1. The zero-order chi connectivity index (χ0) is 18.8. The topological polar surface area (TPSA) is 80.0 Å². The summed E-state index contributed by atoms with van der Waals surface area (Å²) in [6.07, 6.45) is 4.40. The molecule has 0 aliphatic carbocycles. The number of allylic oxidation sites excluding steroid dienone is 1. The largest absolute Gasteiger partial charge is 0.493 e. The molecule has 0 saturated carbocycles. The van der Waals surface area contributed by atoms with Crippen molar-refractivity contribution in [3.05, 3.63) is 35.6 Å². The molecule has 1 aliphatic rings. The van der Waals surface area contributed by atoms with Gasteiger partial charge in [-0.1, -0.05) is 0 Å². The van der Waals surface area contributed by atoms with E-state index in [9.17, 15) is 14.7 Å². The number of amides is 1. The van der Waals surface area contributed by atoms with Crippen LogP contribution in [-0.2, 0) is 9.59 Å². The second-order valence-corrected chi connectivity index (χ2v) is 6.55. The number of rotatable bonds is 5. The number of benzene rings is 1. The molecule has 3 rings (SSSR count). The molecule has 0 spiro atoms. The first-order valence-electron chi connectivity index (χ1n) is 8.79. The van der Waals surface area contributed by atoms with E-state index in [1.165, 1.54) is 11.0 Å². The van der Waals surface area contributed by atoms with Crippen molar-refractivity contribution in [1.29, 1.82) is 0 Å². The molecule has 138 valence electrons. The maximum atomic E-state index is 12.6. The van der Waals surface area contributed by atoms with E-state index >= 15 is 0 Å². The lowest BCUT2D eigenvalue weighted by Gasteiger charge is -2.20. The fourth-order valence-electron chi connectivity index (χ4n) is 3.40. The summed E-state index contributed by atoms with van der Waals surface area (Å²) in [6, 6.07) is 3.05. The van der Waals surface area contributed by atoms with Crippen molar-refractivity contribution in [3.63, 3.8) is 0 Å². The summed E-state index contributed by atoms with van der Waals surface area (Å²) in [4.78, 5) is 25.4. The Morgan fingerprint density at radius 1 is 1.42 bits per heavy atom. The summed E-state index contributed by atoms with van der Waals surface area (Å²) >= 11 is 0. The third-order valence-corrected chi connectivity index (χ3v) is 4.75. The van der Waals surface area contributed by atoms with Gasteiger partial charge < -0.3 is 19.2 Å². The summed E-state index contributed by atoms with van der Waals surface area (Å²) in [6.45, 7) is 6.66. The van der Waals surface area contributed by atoms with Gasteiger partial charge in [-0.3, -0.25) is 4.79 Å². The van der Waals surface area contributed by atoms with Crippen LogP contribution in [0, 0.1) is 6.92 Å². The highest BCUT2D eigenvalue weighted by molar-refractivity contribution is 5.99. The van der Waals surface area contributed by atoms with Crippen molar-refractivity contribution in [2.24, 2.45) is 0 Å². The SMILES string of the molecule is CCOc1cc2occ(C)c2cc1/C(C)=C/C(=O)N1CCCC1C(=O)O. The molecular weight excluding hydrogens is 334 g/mol. The molecule has 1 aromatic carbocycles. The van der Waals surface area contributed by atoms with E-state index in [1.54, 1.807) is 6.26 Å². The molecule has 26 heavy (non-hydrogen) atoms. The van der Waals surface area contributed by atoms with E-state index in [-0.39, 0.29) is 5.91 Å².